The molecule has 0 saturated heterocycles. The van der Waals surface area contributed by atoms with Crippen molar-refractivity contribution in [1.29, 1.82) is 0 Å². The number of ether oxygens (including phenoxy) is 1. The highest BCUT2D eigenvalue weighted by molar-refractivity contribution is 5.68. The first-order valence-electron chi connectivity index (χ1n) is 14.8. The number of rotatable bonds is 13. The van der Waals surface area contributed by atoms with Gasteiger partial charge in [0.25, 0.3) is 0 Å². The minimum absolute atomic E-state index is 0.787. The van der Waals surface area contributed by atoms with Crippen LogP contribution in [0.4, 0.5) is 0 Å². The SMILES string of the molecule is CCCCn1c(-c2ccccc2)nc(-c2ccccc2)c1CN(Cc1ccc(CC)cc1)Cc1ccc(OC)cc1. The lowest BCUT2D eigenvalue weighted by Gasteiger charge is -2.25. The highest BCUT2D eigenvalue weighted by Gasteiger charge is 2.22. The topological polar surface area (TPSA) is 30.3 Å². The van der Waals surface area contributed by atoms with Gasteiger partial charge in [-0.05, 0) is 41.7 Å². The summed E-state index contributed by atoms with van der Waals surface area (Å²) in [7, 11) is 1.72. The highest BCUT2D eigenvalue weighted by atomic mass is 16.5. The summed E-state index contributed by atoms with van der Waals surface area (Å²) in [5, 5.41) is 0. The third-order valence-electron chi connectivity index (χ3n) is 7.66. The molecule has 210 valence electrons. The van der Waals surface area contributed by atoms with Crippen molar-refractivity contribution < 1.29 is 4.74 Å². The molecule has 4 nitrogen and oxygen atoms in total. The van der Waals surface area contributed by atoms with Gasteiger partial charge in [0, 0.05) is 37.3 Å². The second kappa shape index (κ2) is 14.0. The summed E-state index contributed by atoms with van der Waals surface area (Å²) in [5.41, 5.74) is 8.60. The van der Waals surface area contributed by atoms with E-state index in [0.717, 1.165) is 73.8 Å². The van der Waals surface area contributed by atoms with E-state index >= 15 is 0 Å². The predicted octanol–water partition coefficient (Wildman–Crippen LogP) is 8.79. The van der Waals surface area contributed by atoms with E-state index in [0.29, 0.717) is 0 Å². The molecule has 0 fully saturated rings. The molecule has 1 heterocycles. The van der Waals surface area contributed by atoms with Crippen LogP contribution in [0.2, 0.25) is 0 Å². The molecule has 1 aromatic heterocycles. The Morgan fingerprint density at radius 3 is 1.78 bits per heavy atom. The van der Waals surface area contributed by atoms with E-state index in [1.807, 2.05) is 0 Å². The van der Waals surface area contributed by atoms with Crippen molar-refractivity contribution in [2.45, 2.75) is 59.3 Å². The third-order valence-corrected chi connectivity index (χ3v) is 7.66. The zero-order valence-corrected chi connectivity index (χ0v) is 24.6. The Morgan fingerprint density at radius 1 is 0.659 bits per heavy atom. The Bertz CT molecular complexity index is 1440. The standard InChI is InChI=1S/C37H41N3O/c1-4-6-25-40-35(36(32-13-9-7-10-14-32)38-37(40)33-15-11-8-12-16-33)28-39(26-30-19-17-29(5-2)18-20-30)27-31-21-23-34(41-3)24-22-31/h7-24H,4-6,25-28H2,1-3H3. The summed E-state index contributed by atoms with van der Waals surface area (Å²) in [6, 6.07) is 38.8. The fourth-order valence-corrected chi connectivity index (χ4v) is 5.35. The number of nitrogens with zero attached hydrogens (tertiary/aromatic N) is 3. The summed E-state index contributed by atoms with van der Waals surface area (Å²) in [6.07, 6.45) is 3.29. The fraction of sp³-hybridized carbons (Fsp3) is 0.270. The molecule has 0 unspecified atom stereocenters. The Balaban J connectivity index is 1.58. The number of aromatic nitrogens is 2. The summed E-state index contributed by atoms with van der Waals surface area (Å²) in [6.45, 7) is 7.87. The van der Waals surface area contributed by atoms with E-state index in [-0.39, 0.29) is 0 Å². The van der Waals surface area contributed by atoms with Crippen LogP contribution in [0.15, 0.2) is 109 Å². The second-order valence-electron chi connectivity index (χ2n) is 10.6. The first-order chi connectivity index (χ1) is 20.2. The van der Waals surface area contributed by atoms with Gasteiger partial charge in [-0.2, -0.15) is 0 Å². The average Bonchev–Trinajstić information content (AvgIpc) is 3.39. The highest BCUT2D eigenvalue weighted by Crippen LogP contribution is 2.32. The van der Waals surface area contributed by atoms with Gasteiger partial charge in [0.2, 0.25) is 0 Å². The summed E-state index contributed by atoms with van der Waals surface area (Å²) in [5.74, 6) is 1.93. The maximum absolute atomic E-state index is 5.42. The monoisotopic (exact) mass is 543 g/mol. The van der Waals surface area contributed by atoms with Gasteiger partial charge < -0.3 is 9.30 Å². The van der Waals surface area contributed by atoms with Crippen molar-refractivity contribution in [3.05, 3.63) is 132 Å². The molecule has 0 aliphatic rings. The fourth-order valence-electron chi connectivity index (χ4n) is 5.35. The van der Waals surface area contributed by atoms with Gasteiger partial charge in [-0.3, -0.25) is 4.90 Å². The smallest absolute Gasteiger partial charge is 0.140 e. The number of aryl methyl sites for hydroxylation is 1. The van der Waals surface area contributed by atoms with Crippen molar-refractivity contribution in [3.63, 3.8) is 0 Å². The number of imidazole rings is 1. The molecule has 0 spiro atoms. The first-order valence-corrected chi connectivity index (χ1v) is 14.8. The molecule has 4 heteroatoms. The van der Waals surface area contributed by atoms with E-state index in [1.165, 1.54) is 22.4 Å². The lowest BCUT2D eigenvalue weighted by molar-refractivity contribution is 0.241. The molecule has 0 aliphatic heterocycles. The lowest BCUT2D eigenvalue weighted by atomic mass is 10.1. The number of hydrogen-bond donors (Lipinski definition) is 0. The molecule has 0 bridgehead atoms. The van der Waals surface area contributed by atoms with E-state index in [1.54, 1.807) is 7.11 Å². The Kier molecular flexibility index (Phi) is 9.66. The molecule has 0 atom stereocenters. The van der Waals surface area contributed by atoms with Gasteiger partial charge in [0.15, 0.2) is 0 Å². The van der Waals surface area contributed by atoms with Crippen LogP contribution in [0, 0.1) is 0 Å². The van der Waals surface area contributed by atoms with Gasteiger partial charge >= 0.3 is 0 Å². The first kappa shape index (κ1) is 28.4. The molecule has 5 rings (SSSR count). The average molecular weight is 544 g/mol. The molecule has 0 amide bonds. The maximum Gasteiger partial charge on any atom is 0.140 e. The van der Waals surface area contributed by atoms with Crippen LogP contribution >= 0.6 is 0 Å². The molecular formula is C37H41N3O. The molecular weight excluding hydrogens is 502 g/mol. The van der Waals surface area contributed by atoms with Gasteiger partial charge in [-0.25, -0.2) is 4.98 Å². The van der Waals surface area contributed by atoms with E-state index in [4.69, 9.17) is 9.72 Å². The molecule has 41 heavy (non-hydrogen) atoms. The summed E-state index contributed by atoms with van der Waals surface area (Å²) < 4.78 is 7.90. The summed E-state index contributed by atoms with van der Waals surface area (Å²) in [4.78, 5) is 7.88. The van der Waals surface area contributed by atoms with Crippen molar-refractivity contribution in [2.24, 2.45) is 0 Å². The van der Waals surface area contributed by atoms with Gasteiger partial charge in [0.1, 0.15) is 11.6 Å². The van der Waals surface area contributed by atoms with Crippen LogP contribution in [0.5, 0.6) is 5.75 Å². The Labute approximate surface area is 245 Å². The molecule has 5 aromatic rings. The van der Waals surface area contributed by atoms with E-state index < -0.39 is 0 Å². The van der Waals surface area contributed by atoms with Crippen molar-refractivity contribution in [2.75, 3.05) is 7.11 Å². The summed E-state index contributed by atoms with van der Waals surface area (Å²) >= 11 is 0. The molecule has 0 N–H and O–H groups in total. The Morgan fingerprint density at radius 2 is 1.22 bits per heavy atom. The minimum atomic E-state index is 0.787. The predicted molar refractivity (Wildman–Crippen MR) is 170 cm³/mol. The second-order valence-corrected chi connectivity index (χ2v) is 10.6. The largest absolute Gasteiger partial charge is 0.497 e. The number of hydrogen-bond acceptors (Lipinski definition) is 3. The van der Waals surface area contributed by atoms with E-state index in [2.05, 4.69) is 133 Å². The quantitative estimate of drug-likeness (QED) is 0.149. The molecule has 0 saturated carbocycles. The van der Waals surface area contributed by atoms with Crippen LogP contribution in [0.1, 0.15) is 49.1 Å². The van der Waals surface area contributed by atoms with Crippen molar-refractivity contribution in [1.82, 2.24) is 14.5 Å². The van der Waals surface area contributed by atoms with Crippen LogP contribution in [-0.4, -0.2) is 21.6 Å². The van der Waals surface area contributed by atoms with Gasteiger partial charge in [0.05, 0.1) is 18.5 Å². The van der Waals surface area contributed by atoms with Crippen LogP contribution in [0.25, 0.3) is 22.6 Å². The number of unbranched alkanes of at least 4 members (excludes halogenated alkanes) is 1. The zero-order valence-electron chi connectivity index (χ0n) is 24.6. The van der Waals surface area contributed by atoms with Gasteiger partial charge in [-0.1, -0.05) is 117 Å². The van der Waals surface area contributed by atoms with Gasteiger partial charge in [-0.15, -0.1) is 0 Å². The van der Waals surface area contributed by atoms with Crippen LogP contribution in [0.3, 0.4) is 0 Å². The Hall–Kier alpha value is -4.15. The van der Waals surface area contributed by atoms with Crippen molar-refractivity contribution >= 4 is 0 Å². The third kappa shape index (κ3) is 7.14. The lowest BCUT2D eigenvalue weighted by Crippen LogP contribution is -2.24. The maximum atomic E-state index is 5.42. The number of methoxy groups -OCH3 is 1. The van der Waals surface area contributed by atoms with E-state index in [9.17, 15) is 0 Å². The minimum Gasteiger partial charge on any atom is -0.497 e. The van der Waals surface area contributed by atoms with Crippen molar-refractivity contribution in [3.8, 4) is 28.4 Å². The number of benzene rings is 4. The zero-order chi connectivity index (χ0) is 28.4. The van der Waals surface area contributed by atoms with Crippen LogP contribution in [-0.2, 0) is 32.6 Å². The normalized spacial score (nSPS) is 11.2. The molecule has 0 radical (unpaired) electrons. The molecule has 4 aromatic carbocycles. The van der Waals surface area contributed by atoms with Crippen LogP contribution < -0.4 is 4.74 Å². The molecule has 0 aliphatic carbocycles.